The minimum absolute atomic E-state index is 0.0742. The molecule has 1 spiro atoms. The number of ether oxygens (including phenoxy) is 1. The normalized spacial score (nSPS) is 27.2. The number of amides is 2. The average Bonchev–Trinajstić information content (AvgIpc) is 3.10. The van der Waals surface area contributed by atoms with Gasteiger partial charge < -0.3 is 14.5 Å². The fraction of sp³-hybridized carbons (Fsp3) is 0.632. The van der Waals surface area contributed by atoms with E-state index in [-0.39, 0.29) is 41.4 Å². The third-order valence-corrected chi connectivity index (χ3v) is 6.34. The Morgan fingerprint density at radius 1 is 1.11 bits per heavy atom. The summed E-state index contributed by atoms with van der Waals surface area (Å²) in [4.78, 5) is 49.2. The highest BCUT2D eigenvalue weighted by atomic mass is 16.5. The Labute approximate surface area is 157 Å². The summed E-state index contributed by atoms with van der Waals surface area (Å²) < 4.78 is 4.98. The fourth-order valence-corrected chi connectivity index (χ4v) is 4.46. The zero-order valence-electron chi connectivity index (χ0n) is 15.8. The number of nitrogens with zero attached hydrogens (tertiary/aromatic N) is 4. The lowest BCUT2D eigenvalue weighted by Gasteiger charge is -2.50. The van der Waals surface area contributed by atoms with Gasteiger partial charge in [0.25, 0.3) is 5.91 Å². The summed E-state index contributed by atoms with van der Waals surface area (Å²) in [6, 6.07) is 0. The van der Waals surface area contributed by atoms with Crippen molar-refractivity contribution in [3.63, 3.8) is 0 Å². The molecule has 8 nitrogen and oxygen atoms in total. The predicted molar refractivity (Wildman–Crippen MR) is 94.3 cm³/mol. The quantitative estimate of drug-likeness (QED) is 0.722. The molecule has 1 aromatic heterocycles. The summed E-state index contributed by atoms with van der Waals surface area (Å²) >= 11 is 0. The van der Waals surface area contributed by atoms with E-state index in [1.54, 1.807) is 4.90 Å². The van der Waals surface area contributed by atoms with E-state index in [1.807, 2.05) is 4.90 Å². The Kier molecular flexibility index (Phi) is 3.98. The number of hydrogen-bond donors (Lipinski definition) is 0. The van der Waals surface area contributed by atoms with Gasteiger partial charge in [-0.1, -0.05) is 13.8 Å². The number of hydrogen-bond acceptors (Lipinski definition) is 6. The van der Waals surface area contributed by atoms with E-state index in [0.717, 1.165) is 6.42 Å². The predicted octanol–water partition coefficient (Wildman–Crippen LogP) is 0.596. The highest BCUT2D eigenvalue weighted by Gasteiger charge is 2.62. The van der Waals surface area contributed by atoms with Crippen molar-refractivity contribution in [1.82, 2.24) is 19.8 Å². The maximum atomic E-state index is 12.7. The second kappa shape index (κ2) is 6.00. The number of methoxy groups -OCH3 is 1. The van der Waals surface area contributed by atoms with Gasteiger partial charge in [0.2, 0.25) is 5.91 Å². The first-order valence-corrected chi connectivity index (χ1v) is 9.19. The molecule has 0 bridgehead atoms. The second-order valence-corrected chi connectivity index (χ2v) is 8.65. The van der Waals surface area contributed by atoms with Crippen molar-refractivity contribution in [2.45, 2.75) is 20.3 Å². The first-order valence-electron chi connectivity index (χ1n) is 9.19. The number of carbonyl (C=O) groups is 3. The number of rotatable bonds is 3. The molecule has 2 aliphatic heterocycles. The van der Waals surface area contributed by atoms with E-state index >= 15 is 0 Å². The largest absolute Gasteiger partial charge is 0.469 e. The van der Waals surface area contributed by atoms with Crippen LogP contribution in [0.4, 0.5) is 0 Å². The van der Waals surface area contributed by atoms with Gasteiger partial charge in [-0.05, 0) is 11.8 Å². The van der Waals surface area contributed by atoms with Crippen LogP contribution in [0.25, 0.3) is 0 Å². The molecule has 3 fully saturated rings. The van der Waals surface area contributed by atoms with Gasteiger partial charge in [0.05, 0.1) is 19.2 Å². The van der Waals surface area contributed by atoms with Crippen LogP contribution in [-0.2, 0) is 14.3 Å². The van der Waals surface area contributed by atoms with Crippen molar-refractivity contribution < 1.29 is 19.1 Å². The Hall–Kier alpha value is -2.51. The van der Waals surface area contributed by atoms with Crippen LogP contribution in [0.2, 0.25) is 0 Å². The van der Waals surface area contributed by atoms with Gasteiger partial charge >= 0.3 is 5.97 Å². The molecule has 1 aromatic rings. The molecule has 144 valence electrons. The highest BCUT2D eigenvalue weighted by molar-refractivity contribution is 5.93. The Morgan fingerprint density at radius 3 is 2.33 bits per heavy atom. The molecule has 0 radical (unpaired) electrons. The van der Waals surface area contributed by atoms with Crippen molar-refractivity contribution in [3.05, 3.63) is 24.3 Å². The molecule has 3 heterocycles. The van der Waals surface area contributed by atoms with E-state index in [9.17, 15) is 14.4 Å². The van der Waals surface area contributed by atoms with Gasteiger partial charge in [0, 0.05) is 49.9 Å². The third-order valence-electron chi connectivity index (χ3n) is 6.34. The Bertz CT molecular complexity index is 788. The minimum atomic E-state index is -0.431. The molecule has 3 aliphatic rings. The molecular weight excluding hydrogens is 348 g/mol. The summed E-state index contributed by atoms with van der Waals surface area (Å²) in [6.45, 7) is 5.86. The maximum Gasteiger partial charge on any atom is 0.311 e. The van der Waals surface area contributed by atoms with Crippen LogP contribution in [0.5, 0.6) is 0 Å². The van der Waals surface area contributed by atoms with Gasteiger partial charge in [-0.25, -0.2) is 4.98 Å². The maximum absolute atomic E-state index is 12.7. The molecule has 0 unspecified atom stereocenters. The lowest BCUT2D eigenvalue weighted by molar-refractivity contribution is -0.160. The number of esters is 1. The number of likely N-dealkylation sites (tertiary alicyclic amines) is 2. The summed E-state index contributed by atoms with van der Waals surface area (Å²) in [6.07, 6.45) is 5.31. The van der Waals surface area contributed by atoms with Crippen LogP contribution in [0.3, 0.4) is 0 Å². The van der Waals surface area contributed by atoms with Gasteiger partial charge in [0.1, 0.15) is 5.69 Å². The monoisotopic (exact) mass is 372 g/mol. The van der Waals surface area contributed by atoms with Crippen molar-refractivity contribution in [3.8, 4) is 0 Å². The van der Waals surface area contributed by atoms with Gasteiger partial charge in [0.15, 0.2) is 0 Å². The van der Waals surface area contributed by atoms with Crippen LogP contribution >= 0.6 is 0 Å². The molecule has 2 saturated heterocycles. The molecule has 1 aliphatic carbocycles. The highest BCUT2D eigenvalue weighted by Crippen LogP contribution is 2.54. The fourth-order valence-electron chi connectivity index (χ4n) is 4.46. The van der Waals surface area contributed by atoms with E-state index in [4.69, 9.17) is 4.74 Å². The van der Waals surface area contributed by atoms with Crippen LogP contribution in [0, 0.1) is 22.7 Å². The SMILES string of the molecule is COC(=O)[C@@H]1CN(C(=O)c2cnccn2)CC12CN(C(=O)[C@H]1CC1(C)C)C2. The van der Waals surface area contributed by atoms with Crippen molar-refractivity contribution >= 4 is 17.8 Å². The van der Waals surface area contributed by atoms with E-state index < -0.39 is 11.3 Å². The zero-order chi connectivity index (χ0) is 19.4. The van der Waals surface area contributed by atoms with Gasteiger partial charge in [-0.2, -0.15) is 0 Å². The summed E-state index contributed by atoms with van der Waals surface area (Å²) in [5.41, 5.74) is -0.101. The van der Waals surface area contributed by atoms with Crippen molar-refractivity contribution in [2.75, 3.05) is 33.3 Å². The first kappa shape index (κ1) is 17.9. The molecule has 8 heteroatoms. The molecular formula is C19H24N4O4. The lowest BCUT2D eigenvalue weighted by Crippen LogP contribution is -2.63. The van der Waals surface area contributed by atoms with Crippen LogP contribution in [-0.4, -0.2) is 70.8 Å². The Balaban J connectivity index is 1.49. The van der Waals surface area contributed by atoms with Crippen LogP contribution < -0.4 is 0 Å². The molecule has 27 heavy (non-hydrogen) atoms. The topological polar surface area (TPSA) is 92.7 Å². The summed E-state index contributed by atoms with van der Waals surface area (Å²) in [7, 11) is 1.36. The van der Waals surface area contributed by atoms with Gasteiger partial charge in [-0.15, -0.1) is 0 Å². The average molecular weight is 372 g/mol. The summed E-state index contributed by atoms with van der Waals surface area (Å²) in [5.74, 6) is -0.775. The first-order chi connectivity index (χ1) is 12.8. The molecule has 2 amide bonds. The number of carbonyl (C=O) groups excluding carboxylic acids is 3. The molecule has 0 aromatic carbocycles. The van der Waals surface area contributed by atoms with E-state index in [1.165, 1.54) is 25.7 Å². The van der Waals surface area contributed by atoms with Crippen LogP contribution in [0.15, 0.2) is 18.6 Å². The van der Waals surface area contributed by atoms with E-state index in [2.05, 4.69) is 23.8 Å². The third kappa shape index (κ3) is 2.87. The smallest absolute Gasteiger partial charge is 0.311 e. The van der Waals surface area contributed by atoms with Gasteiger partial charge in [-0.3, -0.25) is 19.4 Å². The van der Waals surface area contributed by atoms with Crippen molar-refractivity contribution in [1.29, 1.82) is 0 Å². The molecule has 0 N–H and O–H groups in total. The van der Waals surface area contributed by atoms with Crippen molar-refractivity contribution in [2.24, 2.45) is 22.7 Å². The summed E-state index contributed by atoms with van der Waals surface area (Å²) in [5, 5.41) is 0. The van der Waals surface area contributed by atoms with E-state index in [0.29, 0.717) is 19.6 Å². The number of aromatic nitrogens is 2. The molecule has 4 rings (SSSR count). The molecule has 1 saturated carbocycles. The lowest BCUT2D eigenvalue weighted by atomic mass is 9.71. The second-order valence-electron chi connectivity index (χ2n) is 8.65. The standard InChI is InChI=1S/C19H24N4O4/c1-18(2)6-12(18)15(24)23-10-19(11-23)9-22(8-13(19)17(26)27-3)16(25)14-7-20-4-5-21-14/h4-5,7,12-13H,6,8-11H2,1-3H3/t12-,13+/m1/s1. The Morgan fingerprint density at radius 2 is 1.78 bits per heavy atom. The van der Waals surface area contributed by atoms with Crippen LogP contribution in [0.1, 0.15) is 30.8 Å². The molecule has 2 atom stereocenters. The zero-order valence-corrected chi connectivity index (χ0v) is 15.8. The minimum Gasteiger partial charge on any atom is -0.469 e.